The van der Waals surface area contributed by atoms with Crippen LogP contribution in [0.4, 0.5) is 0 Å². The van der Waals surface area contributed by atoms with Gasteiger partial charge in [0.1, 0.15) is 11.9 Å². The molecule has 1 fully saturated rings. The molecule has 1 aromatic carbocycles. The highest BCUT2D eigenvalue weighted by atomic mass is 16.5. The van der Waals surface area contributed by atoms with E-state index in [0.29, 0.717) is 12.2 Å². The lowest BCUT2D eigenvalue weighted by Crippen LogP contribution is -2.29. The van der Waals surface area contributed by atoms with Crippen LogP contribution in [0.1, 0.15) is 38.2 Å². The molecule has 1 aromatic rings. The summed E-state index contributed by atoms with van der Waals surface area (Å²) in [5, 5.41) is 0. The number of rotatable bonds is 4. The van der Waals surface area contributed by atoms with Gasteiger partial charge < -0.3 is 9.47 Å². The van der Waals surface area contributed by atoms with E-state index < -0.39 is 0 Å². The lowest BCUT2D eigenvalue weighted by Gasteiger charge is -2.29. The Labute approximate surface area is 104 Å². The van der Waals surface area contributed by atoms with Crippen molar-refractivity contribution in [2.24, 2.45) is 0 Å². The van der Waals surface area contributed by atoms with Crippen LogP contribution in [0.3, 0.4) is 0 Å². The Balaban J connectivity index is 2.00. The van der Waals surface area contributed by atoms with Gasteiger partial charge in [-0.05, 0) is 37.3 Å². The minimum Gasteiger partial charge on any atom is -0.490 e. The van der Waals surface area contributed by atoms with Crippen molar-refractivity contribution in [2.75, 3.05) is 7.11 Å². The third-order valence-corrected chi connectivity index (χ3v) is 3.56. The summed E-state index contributed by atoms with van der Waals surface area (Å²) in [7, 11) is 1.80. The third-order valence-electron chi connectivity index (χ3n) is 3.56. The molecule has 2 rings (SSSR count). The first kappa shape index (κ1) is 12.4. The Morgan fingerprint density at radius 2 is 1.94 bits per heavy atom. The molecule has 0 amide bonds. The van der Waals surface area contributed by atoms with Gasteiger partial charge in [0.05, 0.1) is 6.10 Å². The molecular weight excluding hydrogens is 212 g/mol. The summed E-state index contributed by atoms with van der Waals surface area (Å²) in [6.07, 6.45) is 6.27. The highest BCUT2D eigenvalue weighted by molar-refractivity contribution is 5.33. The smallest absolute Gasteiger partial charge is 0.122 e. The fraction of sp³-hybridized carbons (Fsp3) is 0.600. The molecule has 0 saturated heterocycles. The van der Waals surface area contributed by atoms with Crippen LogP contribution in [0.2, 0.25) is 0 Å². The predicted octanol–water partition coefficient (Wildman–Crippen LogP) is 3.59. The van der Waals surface area contributed by atoms with Gasteiger partial charge in [-0.1, -0.05) is 25.1 Å². The second kappa shape index (κ2) is 6.06. The number of hydrogen-bond acceptors (Lipinski definition) is 2. The maximum atomic E-state index is 6.13. The van der Waals surface area contributed by atoms with Crippen molar-refractivity contribution in [3.05, 3.63) is 29.8 Å². The summed E-state index contributed by atoms with van der Waals surface area (Å²) in [5.41, 5.74) is 1.30. The van der Waals surface area contributed by atoms with E-state index in [1.807, 2.05) is 6.07 Å². The van der Waals surface area contributed by atoms with Crippen molar-refractivity contribution in [1.82, 2.24) is 0 Å². The Hall–Kier alpha value is -1.02. The first-order valence-electron chi connectivity index (χ1n) is 6.60. The Bertz CT molecular complexity index is 349. The fourth-order valence-corrected chi connectivity index (χ4v) is 2.51. The van der Waals surface area contributed by atoms with Crippen LogP contribution in [0.25, 0.3) is 0 Å². The monoisotopic (exact) mass is 234 g/mol. The molecule has 2 heteroatoms. The van der Waals surface area contributed by atoms with Gasteiger partial charge >= 0.3 is 0 Å². The molecule has 1 aliphatic rings. The van der Waals surface area contributed by atoms with Gasteiger partial charge in [-0.3, -0.25) is 0 Å². The normalized spacial score (nSPS) is 24.6. The van der Waals surface area contributed by atoms with E-state index in [2.05, 4.69) is 25.1 Å². The molecule has 0 aliphatic heterocycles. The topological polar surface area (TPSA) is 18.5 Å². The molecule has 0 bridgehead atoms. The number of benzene rings is 1. The zero-order chi connectivity index (χ0) is 12.1. The quantitative estimate of drug-likeness (QED) is 0.792. The lowest BCUT2D eigenvalue weighted by molar-refractivity contribution is 0.0207. The lowest BCUT2D eigenvalue weighted by atomic mass is 9.95. The molecule has 1 aliphatic carbocycles. The SMILES string of the molecule is CCc1ccccc1OC1CCCC(OC)C1. The van der Waals surface area contributed by atoms with Gasteiger partial charge in [-0.2, -0.15) is 0 Å². The number of methoxy groups -OCH3 is 1. The number of hydrogen-bond donors (Lipinski definition) is 0. The number of ether oxygens (including phenoxy) is 2. The average molecular weight is 234 g/mol. The molecule has 0 radical (unpaired) electrons. The number of para-hydroxylation sites is 1. The van der Waals surface area contributed by atoms with Gasteiger partial charge in [0, 0.05) is 13.5 Å². The summed E-state index contributed by atoms with van der Waals surface area (Å²) in [5.74, 6) is 1.05. The summed E-state index contributed by atoms with van der Waals surface area (Å²) in [6.45, 7) is 2.17. The summed E-state index contributed by atoms with van der Waals surface area (Å²) >= 11 is 0. The molecule has 1 saturated carbocycles. The van der Waals surface area contributed by atoms with Gasteiger partial charge in [-0.15, -0.1) is 0 Å². The largest absolute Gasteiger partial charge is 0.490 e. The van der Waals surface area contributed by atoms with Crippen molar-refractivity contribution in [1.29, 1.82) is 0 Å². The van der Waals surface area contributed by atoms with Crippen LogP contribution >= 0.6 is 0 Å². The zero-order valence-corrected chi connectivity index (χ0v) is 10.8. The minimum atomic E-state index is 0.321. The van der Waals surface area contributed by atoms with Crippen LogP contribution in [-0.4, -0.2) is 19.3 Å². The highest BCUT2D eigenvalue weighted by Gasteiger charge is 2.23. The maximum Gasteiger partial charge on any atom is 0.122 e. The first-order valence-corrected chi connectivity index (χ1v) is 6.60. The van der Waals surface area contributed by atoms with E-state index in [4.69, 9.17) is 9.47 Å². The van der Waals surface area contributed by atoms with Crippen LogP contribution in [0.5, 0.6) is 5.75 Å². The van der Waals surface area contributed by atoms with Crippen molar-refractivity contribution < 1.29 is 9.47 Å². The second-order valence-corrected chi connectivity index (χ2v) is 4.73. The van der Waals surface area contributed by atoms with Crippen LogP contribution in [-0.2, 0) is 11.2 Å². The van der Waals surface area contributed by atoms with Crippen LogP contribution in [0, 0.1) is 0 Å². The molecule has 2 atom stereocenters. The highest BCUT2D eigenvalue weighted by Crippen LogP contribution is 2.27. The standard InChI is InChI=1S/C15H22O2/c1-3-12-7-4-5-10-15(12)17-14-9-6-8-13(11-14)16-2/h4-5,7,10,13-14H,3,6,8-9,11H2,1-2H3. The molecule has 0 heterocycles. The van der Waals surface area contributed by atoms with E-state index in [9.17, 15) is 0 Å². The molecule has 94 valence electrons. The van der Waals surface area contributed by atoms with E-state index in [0.717, 1.165) is 25.0 Å². The van der Waals surface area contributed by atoms with Crippen molar-refractivity contribution in [3.63, 3.8) is 0 Å². The molecular formula is C15H22O2. The van der Waals surface area contributed by atoms with Crippen LogP contribution in [0.15, 0.2) is 24.3 Å². The fourth-order valence-electron chi connectivity index (χ4n) is 2.51. The summed E-state index contributed by atoms with van der Waals surface area (Å²) in [6, 6.07) is 8.34. The van der Waals surface area contributed by atoms with E-state index >= 15 is 0 Å². The predicted molar refractivity (Wildman–Crippen MR) is 69.5 cm³/mol. The molecule has 17 heavy (non-hydrogen) atoms. The Morgan fingerprint density at radius 3 is 2.71 bits per heavy atom. The third kappa shape index (κ3) is 3.22. The average Bonchev–Trinajstić information content (AvgIpc) is 2.39. The van der Waals surface area contributed by atoms with Gasteiger partial charge in [0.25, 0.3) is 0 Å². The second-order valence-electron chi connectivity index (χ2n) is 4.73. The summed E-state index contributed by atoms with van der Waals surface area (Å²) in [4.78, 5) is 0. The molecule has 2 unspecified atom stereocenters. The Kier molecular flexibility index (Phi) is 4.43. The zero-order valence-electron chi connectivity index (χ0n) is 10.8. The van der Waals surface area contributed by atoms with Gasteiger partial charge in [-0.25, -0.2) is 0 Å². The van der Waals surface area contributed by atoms with Crippen LogP contribution < -0.4 is 4.74 Å². The first-order chi connectivity index (χ1) is 8.33. The molecule has 2 nitrogen and oxygen atoms in total. The maximum absolute atomic E-state index is 6.13. The van der Waals surface area contributed by atoms with Crippen molar-refractivity contribution in [2.45, 2.75) is 51.2 Å². The van der Waals surface area contributed by atoms with E-state index in [1.165, 1.54) is 18.4 Å². The van der Waals surface area contributed by atoms with Gasteiger partial charge in [0.15, 0.2) is 0 Å². The molecule has 0 aromatic heterocycles. The van der Waals surface area contributed by atoms with Crippen molar-refractivity contribution >= 4 is 0 Å². The molecule has 0 N–H and O–H groups in total. The van der Waals surface area contributed by atoms with E-state index in [1.54, 1.807) is 7.11 Å². The number of aryl methyl sites for hydroxylation is 1. The minimum absolute atomic E-state index is 0.321. The Morgan fingerprint density at radius 1 is 1.18 bits per heavy atom. The molecule has 0 spiro atoms. The van der Waals surface area contributed by atoms with E-state index in [-0.39, 0.29) is 0 Å². The van der Waals surface area contributed by atoms with Gasteiger partial charge in [0.2, 0.25) is 0 Å². The van der Waals surface area contributed by atoms with Crippen molar-refractivity contribution in [3.8, 4) is 5.75 Å². The summed E-state index contributed by atoms with van der Waals surface area (Å²) < 4.78 is 11.6.